The highest BCUT2D eigenvalue weighted by molar-refractivity contribution is 5.73. The quantitative estimate of drug-likeness (QED) is 0.850. The summed E-state index contributed by atoms with van der Waals surface area (Å²) >= 11 is 0. The number of carbonyl (C=O) groups is 1. The number of aryl methyl sites for hydroxylation is 3. The number of hydrogen-bond acceptors (Lipinski definition) is 3. The number of aliphatic hydroxyl groups is 1. The Morgan fingerprint density at radius 3 is 2.00 bits per heavy atom. The number of benzene rings is 1. The molecule has 0 spiro atoms. The van der Waals surface area contributed by atoms with E-state index in [0.29, 0.717) is 0 Å². The van der Waals surface area contributed by atoms with Crippen LogP contribution in [0.15, 0.2) is 12.1 Å². The predicted octanol–water partition coefficient (Wildman–Crippen LogP) is 3.09. The van der Waals surface area contributed by atoms with Crippen molar-refractivity contribution in [1.29, 1.82) is 0 Å². The monoisotopic (exact) mass is 264 g/mol. The van der Waals surface area contributed by atoms with Crippen LogP contribution >= 0.6 is 0 Å². The van der Waals surface area contributed by atoms with Crippen molar-refractivity contribution in [2.45, 2.75) is 40.7 Å². The van der Waals surface area contributed by atoms with Crippen LogP contribution in [0.1, 0.15) is 42.2 Å². The highest BCUT2D eigenvalue weighted by Crippen LogP contribution is 2.33. The van der Waals surface area contributed by atoms with E-state index in [4.69, 9.17) is 4.74 Å². The minimum atomic E-state index is -0.826. The van der Waals surface area contributed by atoms with Crippen molar-refractivity contribution in [3.63, 3.8) is 0 Å². The van der Waals surface area contributed by atoms with E-state index in [1.807, 2.05) is 46.8 Å². The van der Waals surface area contributed by atoms with Crippen molar-refractivity contribution in [3.8, 4) is 0 Å². The van der Waals surface area contributed by atoms with E-state index in [0.717, 1.165) is 22.3 Å². The Hall–Kier alpha value is -1.35. The van der Waals surface area contributed by atoms with E-state index >= 15 is 0 Å². The molecule has 2 atom stereocenters. The van der Waals surface area contributed by atoms with E-state index in [9.17, 15) is 9.90 Å². The van der Waals surface area contributed by atoms with E-state index in [2.05, 4.69) is 0 Å². The Morgan fingerprint density at radius 1 is 1.16 bits per heavy atom. The van der Waals surface area contributed by atoms with Crippen LogP contribution < -0.4 is 0 Å². The van der Waals surface area contributed by atoms with Crippen LogP contribution in [0.2, 0.25) is 0 Å². The molecule has 0 aliphatic carbocycles. The normalized spacial score (nSPS) is 14.3. The number of esters is 1. The standard InChI is InChI=1S/C16H24O3/c1-9(2)13(16(18)19-6)15(17)14-11(4)7-10(3)8-12(14)5/h7-9,13,15,17H,1-6H3. The number of carbonyl (C=O) groups excluding carboxylic acids is 1. The molecule has 1 rings (SSSR count). The number of aliphatic hydroxyl groups excluding tert-OH is 1. The lowest BCUT2D eigenvalue weighted by Gasteiger charge is -2.27. The van der Waals surface area contributed by atoms with Crippen molar-refractivity contribution in [3.05, 3.63) is 34.4 Å². The van der Waals surface area contributed by atoms with Crippen LogP contribution in [0.3, 0.4) is 0 Å². The Morgan fingerprint density at radius 2 is 1.63 bits per heavy atom. The summed E-state index contributed by atoms with van der Waals surface area (Å²) in [6.45, 7) is 9.80. The molecule has 0 heterocycles. The summed E-state index contributed by atoms with van der Waals surface area (Å²) in [7, 11) is 1.36. The lowest BCUT2D eigenvalue weighted by molar-refractivity contribution is -0.152. The molecule has 0 aliphatic heterocycles. The van der Waals surface area contributed by atoms with Gasteiger partial charge in [-0.2, -0.15) is 0 Å². The Labute approximate surface area is 115 Å². The van der Waals surface area contributed by atoms with Gasteiger partial charge in [-0.05, 0) is 43.4 Å². The third-order valence-corrected chi connectivity index (χ3v) is 3.57. The first-order valence-corrected chi connectivity index (χ1v) is 6.63. The van der Waals surface area contributed by atoms with Gasteiger partial charge in [-0.25, -0.2) is 0 Å². The summed E-state index contributed by atoms with van der Waals surface area (Å²) in [6, 6.07) is 4.06. The molecule has 0 amide bonds. The van der Waals surface area contributed by atoms with Crippen molar-refractivity contribution in [2.24, 2.45) is 11.8 Å². The molecule has 0 radical (unpaired) electrons. The number of rotatable bonds is 4. The molecule has 0 aromatic heterocycles. The number of methoxy groups -OCH3 is 1. The van der Waals surface area contributed by atoms with Gasteiger partial charge in [0, 0.05) is 0 Å². The number of hydrogen-bond donors (Lipinski definition) is 1. The van der Waals surface area contributed by atoms with Gasteiger partial charge in [0.1, 0.15) is 0 Å². The van der Waals surface area contributed by atoms with Crippen LogP contribution in [0.4, 0.5) is 0 Å². The van der Waals surface area contributed by atoms with E-state index in [1.54, 1.807) is 0 Å². The number of ether oxygens (including phenoxy) is 1. The summed E-state index contributed by atoms with van der Waals surface area (Å²) in [4.78, 5) is 11.9. The summed E-state index contributed by atoms with van der Waals surface area (Å²) in [5.41, 5.74) is 4.03. The van der Waals surface area contributed by atoms with Gasteiger partial charge < -0.3 is 9.84 Å². The smallest absolute Gasteiger partial charge is 0.311 e. The maximum absolute atomic E-state index is 11.9. The largest absolute Gasteiger partial charge is 0.469 e. The second kappa shape index (κ2) is 6.20. The predicted molar refractivity (Wildman–Crippen MR) is 76.0 cm³/mol. The van der Waals surface area contributed by atoms with Gasteiger partial charge in [-0.15, -0.1) is 0 Å². The molecule has 0 aliphatic rings. The molecule has 0 saturated carbocycles. The van der Waals surface area contributed by atoms with Crippen LogP contribution in [-0.4, -0.2) is 18.2 Å². The molecule has 3 nitrogen and oxygen atoms in total. The first kappa shape index (κ1) is 15.7. The fourth-order valence-electron chi connectivity index (χ4n) is 2.74. The van der Waals surface area contributed by atoms with Crippen molar-refractivity contribution < 1.29 is 14.6 Å². The van der Waals surface area contributed by atoms with Crippen molar-refractivity contribution in [1.82, 2.24) is 0 Å². The first-order valence-electron chi connectivity index (χ1n) is 6.63. The van der Waals surface area contributed by atoms with Crippen LogP contribution in [0.25, 0.3) is 0 Å². The molecule has 0 bridgehead atoms. The molecule has 0 fully saturated rings. The minimum absolute atomic E-state index is 0.0163. The third-order valence-electron chi connectivity index (χ3n) is 3.57. The highest BCUT2D eigenvalue weighted by Gasteiger charge is 2.33. The zero-order chi connectivity index (χ0) is 14.7. The van der Waals surface area contributed by atoms with Crippen molar-refractivity contribution in [2.75, 3.05) is 7.11 Å². The van der Waals surface area contributed by atoms with Gasteiger partial charge in [-0.3, -0.25) is 4.79 Å². The average molecular weight is 264 g/mol. The lowest BCUT2D eigenvalue weighted by Crippen LogP contribution is -2.29. The van der Waals surface area contributed by atoms with Gasteiger partial charge in [0.2, 0.25) is 0 Å². The third kappa shape index (κ3) is 3.35. The van der Waals surface area contributed by atoms with E-state index in [-0.39, 0.29) is 11.9 Å². The van der Waals surface area contributed by atoms with E-state index < -0.39 is 12.0 Å². The van der Waals surface area contributed by atoms with Gasteiger partial charge >= 0.3 is 5.97 Å². The van der Waals surface area contributed by atoms with Gasteiger partial charge in [0.15, 0.2) is 0 Å². The molecule has 1 aromatic rings. The Balaban J connectivity index is 3.24. The first-order chi connectivity index (χ1) is 8.79. The molecule has 3 heteroatoms. The molecule has 106 valence electrons. The Bertz CT molecular complexity index is 440. The van der Waals surface area contributed by atoms with Gasteiger partial charge in [-0.1, -0.05) is 31.5 Å². The minimum Gasteiger partial charge on any atom is -0.469 e. The summed E-state index contributed by atoms with van der Waals surface area (Å²) in [5.74, 6) is -0.880. The average Bonchev–Trinajstić information content (AvgIpc) is 2.26. The molecular weight excluding hydrogens is 240 g/mol. The summed E-state index contributed by atoms with van der Waals surface area (Å²) in [6.07, 6.45) is -0.826. The topological polar surface area (TPSA) is 46.5 Å². The fraction of sp³-hybridized carbons (Fsp3) is 0.562. The van der Waals surface area contributed by atoms with Gasteiger partial charge in [0.25, 0.3) is 0 Å². The summed E-state index contributed by atoms with van der Waals surface area (Å²) in [5, 5.41) is 10.6. The molecular formula is C16H24O3. The second-order valence-corrected chi connectivity index (χ2v) is 5.55. The zero-order valence-electron chi connectivity index (χ0n) is 12.7. The van der Waals surface area contributed by atoms with Crippen LogP contribution in [0.5, 0.6) is 0 Å². The maximum atomic E-state index is 11.9. The molecule has 2 unspecified atom stereocenters. The highest BCUT2D eigenvalue weighted by atomic mass is 16.5. The summed E-state index contributed by atoms with van der Waals surface area (Å²) < 4.78 is 4.82. The molecule has 19 heavy (non-hydrogen) atoms. The Kier molecular flexibility index (Phi) is 5.12. The zero-order valence-corrected chi connectivity index (χ0v) is 12.7. The molecule has 1 N–H and O–H groups in total. The molecule has 0 saturated heterocycles. The SMILES string of the molecule is COC(=O)C(C(C)C)C(O)c1c(C)cc(C)cc1C. The second-order valence-electron chi connectivity index (χ2n) is 5.55. The van der Waals surface area contributed by atoms with Crippen molar-refractivity contribution >= 4 is 5.97 Å². The maximum Gasteiger partial charge on any atom is 0.311 e. The van der Waals surface area contributed by atoms with E-state index in [1.165, 1.54) is 7.11 Å². The molecule has 1 aromatic carbocycles. The van der Waals surface area contributed by atoms with Crippen LogP contribution in [-0.2, 0) is 9.53 Å². The fourth-order valence-corrected chi connectivity index (χ4v) is 2.74. The lowest BCUT2D eigenvalue weighted by atomic mass is 9.83. The van der Waals surface area contributed by atoms with Crippen LogP contribution in [0, 0.1) is 32.6 Å². The van der Waals surface area contributed by atoms with Gasteiger partial charge in [0.05, 0.1) is 19.1 Å².